The summed E-state index contributed by atoms with van der Waals surface area (Å²) in [5.41, 5.74) is 0. The van der Waals surface area contributed by atoms with Crippen molar-refractivity contribution in [2.24, 2.45) is 0 Å². The van der Waals surface area contributed by atoms with Gasteiger partial charge in [0.2, 0.25) is 5.89 Å². The molecule has 2 heterocycles. The van der Waals surface area contributed by atoms with Crippen LogP contribution in [-0.4, -0.2) is 16.7 Å². The van der Waals surface area contributed by atoms with Crippen molar-refractivity contribution in [1.29, 1.82) is 0 Å². The minimum Gasteiger partial charge on any atom is -0.406 e. The Hall–Kier alpha value is -0.920. The van der Waals surface area contributed by atoms with Crippen LogP contribution in [0.25, 0.3) is 0 Å². The lowest BCUT2D eigenvalue weighted by molar-refractivity contribution is 0.429. The lowest BCUT2D eigenvalue weighted by atomic mass is 10.3. The molecule has 0 saturated carbocycles. The second kappa shape index (κ2) is 6.31. The maximum absolute atomic E-state index is 5.53. The predicted octanol–water partition coefficient (Wildman–Crippen LogP) is 3.18. The van der Waals surface area contributed by atoms with E-state index in [1.807, 2.05) is 25.3 Å². The molecule has 0 saturated heterocycles. The standard InChI is InChI=1S/C11H15BrN4OS/c1-3-13-7(2)10-15-16-11(17-10)14-6-9-8(12)4-5-18-9/h4-5,7,13H,3,6H2,1-2H3,(H,14,16). The zero-order valence-electron chi connectivity index (χ0n) is 10.2. The zero-order chi connectivity index (χ0) is 13.0. The summed E-state index contributed by atoms with van der Waals surface area (Å²) in [6.45, 7) is 5.58. The topological polar surface area (TPSA) is 63.0 Å². The molecule has 0 amide bonds. The predicted molar refractivity (Wildman–Crippen MR) is 75.7 cm³/mol. The Morgan fingerprint density at radius 3 is 3.00 bits per heavy atom. The summed E-state index contributed by atoms with van der Waals surface area (Å²) in [5.74, 6) is 0.601. The molecular weight excluding hydrogens is 316 g/mol. The largest absolute Gasteiger partial charge is 0.406 e. The van der Waals surface area contributed by atoms with Crippen molar-refractivity contribution in [2.45, 2.75) is 26.4 Å². The highest BCUT2D eigenvalue weighted by Gasteiger charge is 2.12. The fourth-order valence-corrected chi connectivity index (χ4v) is 2.91. The molecule has 0 aliphatic rings. The van der Waals surface area contributed by atoms with Crippen molar-refractivity contribution in [3.05, 3.63) is 26.7 Å². The van der Waals surface area contributed by atoms with Crippen LogP contribution >= 0.6 is 27.3 Å². The summed E-state index contributed by atoms with van der Waals surface area (Å²) in [5, 5.41) is 16.4. The molecule has 18 heavy (non-hydrogen) atoms. The van der Waals surface area contributed by atoms with Gasteiger partial charge in [0.15, 0.2) is 0 Å². The SMILES string of the molecule is CCNC(C)c1nnc(NCc2sccc2Br)o1. The highest BCUT2D eigenvalue weighted by molar-refractivity contribution is 9.10. The molecule has 2 aromatic heterocycles. The molecule has 1 unspecified atom stereocenters. The first-order valence-corrected chi connectivity index (χ1v) is 7.40. The van der Waals surface area contributed by atoms with E-state index in [-0.39, 0.29) is 6.04 Å². The van der Waals surface area contributed by atoms with Crippen LogP contribution in [0, 0.1) is 0 Å². The summed E-state index contributed by atoms with van der Waals surface area (Å²) < 4.78 is 6.63. The molecule has 0 aliphatic heterocycles. The van der Waals surface area contributed by atoms with Gasteiger partial charge in [-0.1, -0.05) is 12.0 Å². The van der Waals surface area contributed by atoms with Crippen molar-refractivity contribution >= 4 is 33.3 Å². The van der Waals surface area contributed by atoms with Gasteiger partial charge in [-0.15, -0.1) is 16.4 Å². The number of hydrogen-bond donors (Lipinski definition) is 2. The summed E-state index contributed by atoms with van der Waals surface area (Å²) in [4.78, 5) is 1.20. The quantitative estimate of drug-likeness (QED) is 0.851. The summed E-state index contributed by atoms with van der Waals surface area (Å²) in [6, 6.07) is 2.55. The first kappa shape index (κ1) is 13.5. The molecule has 98 valence electrons. The maximum atomic E-state index is 5.53. The van der Waals surface area contributed by atoms with Gasteiger partial charge in [0.1, 0.15) is 0 Å². The number of halogens is 1. The number of anilines is 1. The van der Waals surface area contributed by atoms with Gasteiger partial charge < -0.3 is 15.1 Å². The van der Waals surface area contributed by atoms with Gasteiger partial charge in [-0.3, -0.25) is 0 Å². The van der Waals surface area contributed by atoms with Gasteiger partial charge in [0.25, 0.3) is 0 Å². The molecule has 0 spiro atoms. The van der Waals surface area contributed by atoms with Crippen molar-refractivity contribution in [3.63, 3.8) is 0 Å². The van der Waals surface area contributed by atoms with Crippen LogP contribution in [0.1, 0.15) is 30.7 Å². The fraction of sp³-hybridized carbons (Fsp3) is 0.455. The van der Waals surface area contributed by atoms with Crippen LogP contribution in [0.3, 0.4) is 0 Å². The Balaban J connectivity index is 1.93. The van der Waals surface area contributed by atoms with E-state index in [2.05, 4.69) is 36.8 Å². The van der Waals surface area contributed by atoms with Gasteiger partial charge >= 0.3 is 6.01 Å². The van der Waals surface area contributed by atoms with E-state index in [1.54, 1.807) is 11.3 Å². The van der Waals surface area contributed by atoms with E-state index in [0.717, 1.165) is 11.0 Å². The zero-order valence-corrected chi connectivity index (χ0v) is 12.6. The molecule has 0 aromatic carbocycles. The Bertz CT molecular complexity index is 499. The normalized spacial score (nSPS) is 12.6. The van der Waals surface area contributed by atoms with Crippen molar-refractivity contribution < 1.29 is 4.42 Å². The van der Waals surface area contributed by atoms with Crippen LogP contribution in [0.2, 0.25) is 0 Å². The molecule has 2 N–H and O–H groups in total. The van der Waals surface area contributed by atoms with Crippen LogP contribution in [-0.2, 0) is 6.54 Å². The fourth-order valence-electron chi connectivity index (χ4n) is 1.48. The van der Waals surface area contributed by atoms with E-state index < -0.39 is 0 Å². The third-order valence-corrected chi connectivity index (χ3v) is 4.34. The number of hydrogen-bond acceptors (Lipinski definition) is 6. The molecule has 5 nitrogen and oxygen atoms in total. The monoisotopic (exact) mass is 330 g/mol. The van der Waals surface area contributed by atoms with E-state index in [9.17, 15) is 0 Å². The Morgan fingerprint density at radius 2 is 2.33 bits per heavy atom. The number of nitrogens with one attached hydrogen (secondary N) is 2. The van der Waals surface area contributed by atoms with Gasteiger partial charge in [-0.05, 0) is 40.8 Å². The smallest absolute Gasteiger partial charge is 0.315 e. The lowest BCUT2D eigenvalue weighted by Gasteiger charge is -2.05. The van der Waals surface area contributed by atoms with Crippen LogP contribution in [0.5, 0.6) is 0 Å². The average Bonchev–Trinajstić information content (AvgIpc) is 2.96. The minimum absolute atomic E-state index is 0.0755. The van der Waals surface area contributed by atoms with Gasteiger partial charge in [-0.25, -0.2) is 0 Å². The molecule has 0 bridgehead atoms. The third-order valence-electron chi connectivity index (χ3n) is 2.41. The summed E-state index contributed by atoms with van der Waals surface area (Å²) >= 11 is 5.16. The molecular formula is C11H15BrN4OS. The van der Waals surface area contributed by atoms with Gasteiger partial charge in [-0.2, -0.15) is 0 Å². The molecule has 1 atom stereocenters. The average molecular weight is 331 g/mol. The number of thiophene rings is 1. The second-order valence-electron chi connectivity index (χ2n) is 3.77. The Labute approximate surface area is 118 Å². The van der Waals surface area contributed by atoms with Gasteiger partial charge in [0, 0.05) is 9.35 Å². The van der Waals surface area contributed by atoms with E-state index in [4.69, 9.17) is 4.42 Å². The maximum Gasteiger partial charge on any atom is 0.315 e. The summed E-state index contributed by atoms with van der Waals surface area (Å²) in [7, 11) is 0. The van der Waals surface area contributed by atoms with Crippen molar-refractivity contribution in [3.8, 4) is 0 Å². The Kier molecular flexibility index (Phi) is 4.73. The molecule has 0 aliphatic carbocycles. The first-order chi connectivity index (χ1) is 8.70. The third kappa shape index (κ3) is 3.30. The number of rotatable bonds is 6. The molecule has 0 radical (unpaired) electrons. The van der Waals surface area contributed by atoms with E-state index >= 15 is 0 Å². The number of aromatic nitrogens is 2. The van der Waals surface area contributed by atoms with Gasteiger partial charge in [0.05, 0.1) is 12.6 Å². The van der Waals surface area contributed by atoms with Crippen LogP contribution in [0.4, 0.5) is 6.01 Å². The van der Waals surface area contributed by atoms with Crippen molar-refractivity contribution in [1.82, 2.24) is 15.5 Å². The van der Waals surface area contributed by atoms with Crippen LogP contribution in [0.15, 0.2) is 20.3 Å². The Morgan fingerprint density at radius 1 is 1.50 bits per heavy atom. The minimum atomic E-state index is 0.0755. The molecule has 2 aromatic rings. The highest BCUT2D eigenvalue weighted by Crippen LogP contribution is 2.23. The molecule has 2 rings (SSSR count). The van der Waals surface area contributed by atoms with Crippen LogP contribution < -0.4 is 10.6 Å². The lowest BCUT2D eigenvalue weighted by Crippen LogP contribution is -2.17. The van der Waals surface area contributed by atoms with E-state index in [1.165, 1.54) is 4.88 Å². The van der Waals surface area contributed by atoms with E-state index in [0.29, 0.717) is 18.5 Å². The molecule has 7 heteroatoms. The summed E-state index contributed by atoms with van der Waals surface area (Å²) in [6.07, 6.45) is 0. The number of nitrogens with zero attached hydrogens (tertiary/aromatic N) is 2. The molecule has 0 fully saturated rings. The first-order valence-electron chi connectivity index (χ1n) is 5.73. The van der Waals surface area contributed by atoms with Crippen molar-refractivity contribution in [2.75, 3.05) is 11.9 Å². The second-order valence-corrected chi connectivity index (χ2v) is 5.63. The highest BCUT2D eigenvalue weighted by atomic mass is 79.9.